The van der Waals surface area contributed by atoms with Crippen LogP contribution in [-0.4, -0.2) is 56.3 Å². The molecule has 1 fully saturated rings. The third-order valence-electron chi connectivity index (χ3n) is 5.43. The number of piperazine rings is 1. The van der Waals surface area contributed by atoms with Crippen molar-refractivity contribution in [3.63, 3.8) is 0 Å². The predicted octanol–water partition coefficient (Wildman–Crippen LogP) is 2.65. The van der Waals surface area contributed by atoms with Crippen molar-refractivity contribution >= 4 is 43.4 Å². The molecule has 4 rings (SSSR count). The number of aromatic nitrogens is 1. The van der Waals surface area contributed by atoms with E-state index in [4.69, 9.17) is 0 Å². The molecule has 2 aromatic rings. The lowest BCUT2D eigenvalue weighted by atomic mass is 10.2. The Morgan fingerprint density at radius 2 is 1.90 bits per heavy atom. The number of sulfonamides is 1. The van der Waals surface area contributed by atoms with Crippen LogP contribution in [0.5, 0.6) is 0 Å². The van der Waals surface area contributed by atoms with Crippen molar-refractivity contribution < 1.29 is 13.2 Å². The van der Waals surface area contributed by atoms with Crippen molar-refractivity contribution in [1.29, 1.82) is 0 Å². The maximum atomic E-state index is 13.5. The Labute approximate surface area is 179 Å². The van der Waals surface area contributed by atoms with E-state index in [1.807, 2.05) is 24.3 Å². The summed E-state index contributed by atoms with van der Waals surface area (Å²) in [7, 11) is -3.73. The average Bonchev–Trinajstić information content (AvgIpc) is 3.17. The molecule has 29 heavy (non-hydrogen) atoms. The summed E-state index contributed by atoms with van der Waals surface area (Å²) in [6.07, 6.45) is 2.75. The maximum Gasteiger partial charge on any atom is 0.245 e. The van der Waals surface area contributed by atoms with Gasteiger partial charge in [-0.3, -0.25) is 4.79 Å². The van der Waals surface area contributed by atoms with Crippen molar-refractivity contribution in [2.24, 2.45) is 0 Å². The highest BCUT2D eigenvalue weighted by Crippen LogP contribution is 2.39. The minimum atomic E-state index is -3.73. The lowest BCUT2D eigenvalue weighted by molar-refractivity contribution is -0.118. The van der Waals surface area contributed by atoms with E-state index < -0.39 is 10.0 Å². The number of nitrogens with zero attached hydrogens (tertiary/aromatic N) is 4. The minimum Gasteiger partial charge on any atom is -0.354 e. The van der Waals surface area contributed by atoms with Crippen LogP contribution in [0.2, 0.25) is 0 Å². The molecule has 154 valence electrons. The summed E-state index contributed by atoms with van der Waals surface area (Å²) < 4.78 is 29.3. The summed E-state index contributed by atoms with van der Waals surface area (Å²) in [6.45, 7) is 4.22. The van der Waals surface area contributed by atoms with Crippen molar-refractivity contribution in [2.75, 3.05) is 42.5 Å². The van der Waals surface area contributed by atoms with Gasteiger partial charge in [0.05, 0.1) is 5.69 Å². The molecule has 7 nitrogen and oxygen atoms in total. The number of amides is 1. The molecule has 0 spiro atoms. The van der Waals surface area contributed by atoms with Crippen molar-refractivity contribution in [1.82, 2.24) is 9.29 Å². The van der Waals surface area contributed by atoms with Crippen LogP contribution in [0.25, 0.3) is 0 Å². The number of carbonyl (C=O) groups excluding carboxylic acids is 1. The molecular weight excluding hydrogens is 456 g/mol. The second kappa shape index (κ2) is 8.04. The number of hydrogen-bond acceptors (Lipinski definition) is 5. The van der Waals surface area contributed by atoms with E-state index in [2.05, 4.69) is 25.8 Å². The quantitative estimate of drug-likeness (QED) is 0.675. The SMILES string of the molecule is CCC(=O)N1CCc2cc(Br)cc(S(=O)(=O)N3CCN(c4ccccn4)CC3)c21. The Morgan fingerprint density at radius 3 is 2.55 bits per heavy atom. The molecule has 3 heterocycles. The smallest absolute Gasteiger partial charge is 0.245 e. The maximum absolute atomic E-state index is 13.5. The number of rotatable bonds is 4. The van der Waals surface area contributed by atoms with Gasteiger partial charge in [-0.05, 0) is 36.2 Å². The lowest BCUT2D eigenvalue weighted by Crippen LogP contribution is -2.49. The fourth-order valence-electron chi connectivity index (χ4n) is 3.94. The molecule has 9 heteroatoms. The van der Waals surface area contributed by atoms with Gasteiger partial charge in [0, 0.05) is 49.8 Å². The van der Waals surface area contributed by atoms with Gasteiger partial charge in [0.25, 0.3) is 0 Å². The van der Waals surface area contributed by atoms with Crippen LogP contribution in [0, 0.1) is 0 Å². The Kier molecular flexibility index (Phi) is 5.63. The standard InChI is InChI=1S/C20H23BrN4O3S/c1-2-19(26)25-8-6-15-13-16(21)14-17(20(15)25)29(27,28)24-11-9-23(10-12-24)18-5-3-4-7-22-18/h3-5,7,13-14H,2,6,8-12H2,1H3. The molecule has 1 aromatic heterocycles. The Hall–Kier alpha value is -1.97. The summed E-state index contributed by atoms with van der Waals surface area (Å²) in [5.41, 5.74) is 1.44. The minimum absolute atomic E-state index is 0.0532. The second-order valence-electron chi connectivity index (χ2n) is 7.14. The molecule has 0 bridgehead atoms. The number of benzene rings is 1. The zero-order valence-electron chi connectivity index (χ0n) is 16.2. The van der Waals surface area contributed by atoms with Crippen LogP contribution >= 0.6 is 15.9 Å². The van der Waals surface area contributed by atoms with Gasteiger partial charge in [-0.25, -0.2) is 13.4 Å². The zero-order chi connectivity index (χ0) is 20.6. The lowest BCUT2D eigenvalue weighted by Gasteiger charge is -2.35. The monoisotopic (exact) mass is 478 g/mol. The van der Waals surface area contributed by atoms with Crippen molar-refractivity contribution in [2.45, 2.75) is 24.7 Å². The van der Waals surface area contributed by atoms with Gasteiger partial charge in [-0.1, -0.05) is 28.9 Å². The van der Waals surface area contributed by atoms with Gasteiger partial charge < -0.3 is 9.80 Å². The van der Waals surface area contributed by atoms with Gasteiger partial charge in [0.1, 0.15) is 10.7 Å². The Balaban J connectivity index is 1.63. The first-order chi connectivity index (χ1) is 13.9. The van der Waals surface area contributed by atoms with Gasteiger partial charge in [0.2, 0.25) is 15.9 Å². The van der Waals surface area contributed by atoms with E-state index in [9.17, 15) is 13.2 Å². The van der Waals surface area contributed by atoms with E-state index in [1.165, 1.54) is 4.31 Å². The molecule has 0 N–H and O–H groups in total. The largest absolute Gasteiger partial charge is 0.354 e. The van der Waals surface area contributed by atoms with Crippen LogP contribution in [0.15, 0.2) is 45.9 Å². The number of pyridine rings is 1. The molecule has 0 aliphatic carbocycles. The fraction of sp³-hybridized carbons (Fsp3) is 0.400. The zero-order valence-corrected chi connectivity index (χ0v) is 18.6. The molecule has 1 amide bonds. The van der Waals surface area contributed by atoms with Gasteiger partial charge in [0.15, 0.2) is 0 Å². The molecule has 0 saturated carbocycles. The number of fused-ring (bicyclic) bond motifs is 1. The number of hydrogen-bond donors (Lipinski definition) is 0. The van der Waals surface area contributed by atoms with Gasteiger partial charge in [-0.15, -0.1) is 0 Å². The summed E-state index contributed by atoms with van der Waals surface area (Å²) in [6, 6.07) is 9.26. The van der Waals surface area contributed by atoms with E-state index in [-0.39, 0.29) is 10.8 Å². The number of halogens is 1. The average molecular weight is 479 g/mol. The highest BCUT2D eigenvalue weighted by molar-refractivity contribution is 9.10. The predicted molar refractivity (Wildman–Crippen MR) is 116 cm³/mol. The van der Waals surface area contributed by atoms with Gasteiger partial charge in [-0.2, -0.15) is 4.31 Å². The Morgan fingerprint density at radius 1 is 1.14 bits per heavy atom. The summed E-state index contributed by atoms with van der Waals surface area (Å²) >= 11 is 3.44. The van der Waals surface area contributed by atoms with Crippen LogP contribution in [-0.2, 0) is 21.2 Å². The van der Waals surface area contributed by atoms with Crippen LogP contribution < -0.4 is 9.80 Å². The van der Waals surface area contributed by atoms with Crippen LogP contribution in [0.1, 0.15) is 18.9 Å². The van der Waals surface area contributed by atoms with Gasteiger partial charge >= 0.3 is 0 Å². The second-order valence-corrected chi connectivity index (χ2v) is 9.96. The highest BCUT2D eigenvalue weighted by atomic mass is 79.9. The third kappa shape index (κ3) is 3.78. The molecule has 0 radical (unpaired) electrons. The molecular formula is C20H23BrN4O3S. The van der Waals surface area contributed by atoms with E-state index in [0.717, 1.165) is 11.4 Å². The van der Waals surface area contributed by atoms with E-state index in [1.54, 1.807) is 24.1 Å². The Bertz CT molecular complexity index is 1020. The normalized spacial score (nSPS) is 17.4. The molecule has 0 unspecified atom stereocenters. The van der Waals surface area contributed by atoms with Crippen molar-refractivity contribution in [3.05, 3.63) is 46.6 Å². The number of carbonyl (C=O) groups is 1. The summed E-state index contributed by atoms with van der Waals surface area (Å²) in [5.74, 6) is 0.801. The first-order valence-corrected chi connectivity index (χ1v) is 11.9. The topological polar surface area (TPSA) is 73.8 Å². The molecule has 1 aromatic carbocycles. The van der Waals surface area contributed by atoms with Crippen molar-refractivity contribution in [3.8, 4) is 0 Å². The summed E-state index contributed by atoms with van der Waals surface area (Å²) in [4.78, 5) is 20.7. The van der Waals surface area contributed by atoms with Crippen LogP contribution in [0.3, 0.4) is 0 Å². The first-order valence-electron chi connectivity index (χ1n) is 9.70. The molecule has 2 aliphatic heterocycles. The first kappa shape index (κ1) is 20.3. The van der Waals surface area contributed by atoms with E-state index in [0.29, 0.717) is 55.7 Å². The molecule has 1 saturated heterocycles. The highest BCUT2D eigenvalue weighted by Gasteiger charge is 2.36. The van der Waals surface area contributed by atoms with Crippen LogP contribution in [0.4, 0.5) is 11.5 Å². The molecule has 0 atom stereocenters. The molecule has 2 aliphatic rings. The third-order valence-corrected chi connectivity index (χ3v) is 7.80. The number of anilines is 2. The fourth-order valence-corrected chi connectivity index (χ4v) is 6.28. The van der Waals surface area contributed by atoms with E-state index >= 15 is 0 Å². The summed E-state index contributed by atoms with van der Waals surface area (Å²) in [5, 5.41) is 0.